The van der Waals surface area contributed by atoms with Crippen LogP contribution in [-0.2, 0) is 11.0 Å². The van der Waals surface area contributed by atoms with E-state index in [9.17, 15) is 36.6 Å². The number of aryl methyl sites for hydroxylation is 1. The number of nitrogens with zero attached hydrogens (tertiary/aromatic N) is 2. The number of carbonyl (C=O) groups is 2. The number of halogens is 5. The lowest BCUT2D eigenvalue weighted by Crippen LogP contribution is -2.47. The summed E-state index contributed by atoms with van der Waals surface area (Å²) < 4.78 is 67.8. The van der Waals surface area contributed by atoms with Crippen LogP contribution >= 0.6 is 0 Å². The van der Waals surface area contributed by atoms with Gasteiger partial charge in [-0.3, -0.25) is 14.6 Å². The zero-order valence-corrected chi connectivity index (χ0v) is 21.7. The van der Waals surface area contributed by atoms with Crippen molar-refractivity contribution in [1.82, 2.24) is 15.2 Å². The Hall–Kier alpha value is -3.08. The van der Waals surface area contributed by atoms with Gasteiger partial charge in [0.15, 0.2) is 0 Å². The SMILES string of the molecule is CC.Cc1cc(C(=O)N2CCC[C@@H]2C(=O)NC(c2cc(F)c(C(F)(F)F)cc2F)C2CC2)c(C(C)O)cn1. The van der Waals surface area contributed by atoms with Crippen LogP contribution in [0, 0.1) is 24.5 Å². The summed E-state index contributed by atoms with van der Waals surface area (Å²) >= 11 is 0. The fourth-order valence-electron chi connectivity index (χ4n) is 4.67. The third kappa shape index (κ3) is 6.31. The quantitative estimate of drug-likeness (QED) is 0.464. The van der Waals surface area contributed by atoms with Gasteiger partial charge in [-0.05, 0) is 63.6 Å². The van der Waals surface area contributed by atoms with Crippen molar-refractivity contribution in [2.75, 3.05) is 6.54 Å². The maximum atomic E-state index is 14.7. The number of rotatable bonds is 6. The van der Waals surface area contributed by atoms with E-state index < -0.39 is 53.4 Å². The molecular weight excluding hydrogens is 509 g/mol. The molecule has 2 fully saturated rings. The van der Waals surface area contributed by atoms with Gasteiger partial charge in [0, 0.05) is 35.1 Å². The minimum Gasteiger partial charge on any atom is -0.389 e. The van der Waals surface area contributed by atoms with Crippen molar-refractivity contribution < 1.29 is 36.6 Å². The summed E-state index contributed by atoms with van der Waals surface area (Å²) in [4.78, 5) is 32.1. The summed E-state index contributed by atoms with van der Waals surface area (Å²) in [6.07, 6.45) is -2.58. The van der Waals surface area contributed by atoms with E-state index >= 15 is 0 Å². The smallest absolute Gasteiger partial charge is 0.389 e. The second-order valence-corrected chi connectivity index (χ2v) is 9.42. The molecule has 38 heavy (non-hydrogen) atoms. The van der Waals surface area contributed by atoms with Crippen molar-refractivity contribution in [3.05, 3.63) is 64.0 Å². The molecule has 0 spiro atoms. The van der Waals surface area contributed by atoms with Gasteiger partial charge in [0.1, 0.15) is 17.7 Å². The second-order valence-electron chi connectivity index (χ2n) is 9.42. The molecular formula is C27H32F5N3O3. The van der Waals surface area contributed by atoms with Crippen molar-refractivity contribution >= 4 is 11.8 Å². The maximum Gasteiger partial charge on any atom is 0.419 e. The van der Waals surface area contributed by atoms with Crippen molar-refractivity contribution in [1.29, 1.82) is 0 Å². The van der Waals surface area contributed by atoms with E-state index in [0.29, 0.717) is 43.0 Å². The summed E-state index contributed by atoms with van der Waals surface area (Å²) in [5.74, 6) is -4.19. The number of carbonyl (C=O) groups excluding carboxylic acids is 2. The molecule has 1 aromatic heterocycles. The van der Waals surface area contributed by atoms with Crippen LogP contribution in [0.15, 0.2) is 24.4 Å². The van der Waals surface area contributed by atoms with Gasteiger partial charge in [-0.25, -0.2) is 8.78 Å². The Labute approximate surface area is 218 Å². The second kappa shape index (κ2) is 11.8. The number of hydrogen-bond acceptors (Lipinski definition) is 4. The number of pyridine rings is 1. The first-order valence-electron chi connectivity index (χ1n) is 12.7. The van der Waals surface area contributed by atoms with Gasteiger partial charge in [0.2, 0.25) is 5.91 Å². The summed E-state index contributed by atoms with van der Waals surface area (Å²) in [7, 11) is 0. The van der Waals surface area contributed by atoms with E-state index in [2.05, 4.69) is 10.3 Å². The van der Waals surface area contributed by atoms with Gasteiger partial charge in [-0.2, -0.15) is 13.2 Å². The van der Waals surface area contributed by atoms with Crippen LogP contribution in [0.4, 0.5) is 22.0 Å². The minimum atomic E-state index is -5.05. The fraction of sp³-hybridized carbons (Fsp3) is 0.519. The number of aliphatic hydroxyl groups excluding tert-OH is 1. The van der Waals surface area contributed by atoms with Crippen LogP contribution in [-0.4, -0.2) is 39.4 Å². The average molecular weight is 542 g/mol. The fourth-order valence-corrected chi connectivity index (χ4v) is 4.67. The molecule has 4 rings (SSSR count). The molecule has 6 nitrogen and oxygen atoms in total. The lowest BCUT2D eigenvalue weighted by molar-refractivity contribution is -0.140. The average Bonchev–Trinajstić information content (AvgIpc) is 3.58. The Bertz CT molecular complexity index is 1180. The Morgan fingerprint density at radius 1 is 1.08 bits per heavy atom. The Balaban J connectivity index is 0.00000195. The van der Waals surface area contributed by atoms with Crippen LogP contribution in [0.25, 0.3) is 0 Å². The Kier molecular flexibility index (Phi) is 9.12. The highest BCUT2D eigenvalue weighted by Crippen LogP contribution is 2.43. The minimum absolute atomic E-state index is 0.112. The molecule has 1 aromatic carbocycles. The summed E-state index contributed by atoms with van der Waals surface area (Å²) in [5, 5.41) is 12.7. The van der Waals surface area contributed by atoms with E-state index in [4.69, 9.17) is 0 Å². The summed E-state index contributed by atoms with van der Waals surface area (Å²) in [5.41, 5.74) is -0.981. The van der Waals surface area contributed by atoms with Crippen molar-refractivity contribution in [2.45, 2.75) is 77.7 Å². The molecule has 0 radical (unpaired) electrons. The third-order valence-electron chi connectivity index (χ3n) is 6.69. The number of aromatic nitrogens is 1. The van der Waals surface area contributed by atoms with Crippen LogP contribution in [0.5, 0.6) is 0 Å². The van der Waals surface area contributed by atoms with Crippen molar-refractivity contribution in [3.8, 4) is 0 Å². The summed E-state index contributed by atoms with van der Waals surface area (Å²) in [6, 6.07) is 0.207. The third-order valence-corrected chi connectivity index (χ3v) is 6.69. The van der Waals surface area contributed by atoms with Crippen LogP contribution in [0.1, 0.15) is 91.3 Å². The normalized spacial score (nSPS) is 18.9. The molecule has 11 heteroatoms. The molecule has 2 amide bonds. The molecule has 1 aliphatic heterocycles. The summed E-state index contributed by atoms with van der Waals surface area (Å²) in [6.45, 7) is 7.46. The Morgan fingerprint density at radius 3 is 2.32 bits per heavy atom. The van der Waals surface area contributed by atoms with E-state index in [1.54, 1.807) is 6.92 Å². The molecule has 2 aromatic rings. The lowest BCUT2D eigenvalue weighted by atomic mass is 9.98. The van der Waals surface area contributed by atoms with E-state index in [-0.39, 0.29) is 29.7 Å². The largest absolute Gasteiger partial charge is 0.419 e. The van der Waals surface area contributed by atoms with Crippen molar-refractivity contribution in [3.63, 3.8) is 0 Å². The van der Waals surface area contributed by atoms with Gasteiger partial charge >= 0.3 is 6.18 Å². The first-order valence-corrected chi connectivity index (χ1v) is 12.7. The standard InChI is InChI=1S/C25H26F5N3O3.C2H6/c1-12-8-15(17(11-31-12)13(2)34)24(36)33-7-3-4-21(33)23(35)32-22(14-5-6-14)16-9-20(27)18(10-19(16)26)25(28,29)30;1-2/h8-11,13-14,21-22,34H,3-7H2,1-2H3,(H,32,35);1-2H3/t13?,21-,22?;/m1./s1. The van der Waals surface area contributed by atoms with Crippen LogP contribution in [0.2, 0.25) is 0 Å². The zero-order chi connectivity index (χ0) is 28.4. The predicted octanol–water partition coefficient (Wildman–Crippen LogP) is 5.64. The van der Waals surface area contributed by atoms with Gasteiger partial charge in [-0.15, -0.1) is 0 Å². The van der Waals surface area contributed by atoms with E-state index in [1.807, 2.05) is 13.8 Å². The number of benzene rings is 1. The van der Waals surface area contributed by atoms with E-state index in [0.717, 1.165) is 0 Å². The van der Waals surface area contributed by atoms with Crippen LogP contribution in [0.3, 0.4) is 0 Å². The van der Waals surface area contributed by atoms with Crippen LogP contribution < -0.4 is 5.32 Å². The van der Waals surface area contributed by atoms with Gasteiger partial charge in [0.05, 0.1) is 17.7 Å². The highest BCUT2D eigenvalue weighted by molar-refractivity contribution is 5.99. The molecule has 1 aliphatic carbocycles. The number of aliphatic hydroxyl groups is 1. The molecule has 3 atom stereocenters. The molecule has 2 N–H and O–H groups in total. The monoisotopic (exact) mass is 541 g/mol. The predicted molar refractivity (Wildman–Crippen MR) is 130 cm³/mol. The van der Waals surface area contributed by atoms with E-state index in [1.165, 1.54) is 24.1 Å². The molecule has 208 valence electrons. The first-order chi connectivity index (χ1) is 17.9. The molecule has 0 bridgehead atoms. The molecule has 2 heterocycles. The number of likely N-dealkylation sites (tertiary alicyclic amines) is 1. The topological polar surface area (TPSA) is 82.5 Å². The number of nitrogens with one attached hydrogen (secondary N) is 1. The number of alkyl halides is 3. The highest BCUT2D eigenvalue weighted by atomic mass is 19.4. The molecule has 1 saturated heterocycles. The molecule has 2 unspecified atom stereocenters. The molecule has 2 aliphatic rings. The van der Waals surface area contributed by atoms with Gasteiger partial charge < -0.3 is 15.3 Å². The van der Waals surface area contributed by atoms with Gasteiger partial charge in [-0.1, -0.05) is 13.8 Å². The zero-order valence-electron chi connectivity index (χ0n) is 21.7. The first kappa shape index (κ1) is 29.5. The van der Waals surface area contributed by atoms with Gasteiger partial charge in [0.25, 0.3) is 5.91 Å². The maximum absolute atomic E-state index is 14.7. The molecule has 1 saturated carbocycles. The number of amides is 2. The van der Waals surface area contributed by atoms with Crippen molar-refractivity contribution in [2.24, 2.45) is 5.92 Å². The highest BCUT2D eigenvalue weighted by Gasteiger charge is 2.42. The lowest BCUT2D eigenvalue weighted by Gasteiger charge is -2.28. The number of hydrogen-bond donors (Lipinski definition) is 2. The Morgan fingerprint density at radius 2 is 1.74 bits per heavy atom.